The molecule has 28 heavy (non-hydrogen) atoms. The van der Waals surface area contributed by atoms with Crippen LogP contribution in [0.3, 0.4) is 0 Å². The van der Waals surface area contributed by atoms with E-state index in [0.717, 1.165) is 25.7 Å². The summed E-state index contributed by atoms with van der Waals surface area (Å²) in [5.41, 5.74) is 5.40. The molecular formula is C21H41N2O5. The Morgan fingerprint density at radius 3 is 2.32 bits per heavy atom. The average molecular weight is 402 g/mol. The minimum Gasteiger partial charge on any atom is -0.465 e. The summed E-state index contributed by atoms with van der Waals surface area (Å²) in [5, 5.41) is 12.7. The Morgan fingerprint density at radius 2 is 1.75 bits per heavy atom. The number of aliphatic hydroxyl groups is 1. The van der Waals surface area contributed by atoms with Crippen LogP contribution in [-0.4, -0.2) is 56.0 Å². The number of hydrogen-bond acceptors (Lipinski definition) is 6. The first-order valence-corrected chi connectivity index (χ1v) is 10.5. The van der Waals surface area contributed by atoms with Crippen LogP contribution in [0.2, 0.25) is 0 Å². The molecule has 0 bridgehead atoms. The van der Waals surface area contributed by atoms with E-state index in [1.807, 2.05) is 13.8 Å². The Morgan fingerprint density at radius 1 is 1.07 bits per heavy atom. The van der Waals surface area contributed by atoms with Crippen LogP contribution in [0.5, 0.6) is 0 Å². The van der Waals surface area contributed by atoms with Gasteiger partial charge in [-0.3, -0.25) is 15.3 Å². The molecule has 7 heteroatoms. The summed E-state index contributed by atoms with van der Waals surface area (Å²) in [5.74, 6) is -0.713. The second kappa shape index (κ2) is 13.9. The molecule has 0 amide bonds. The van der Waals surface area contributed by atoms with Crippen molar-refractivity contribution >= 4 is 11.9 Å². The Labute approximate surface area is 170 Å². The number of carbonyl (C=O) groups excluding carboxylic acids is 2. The van der Waals surface area contributed by atoms with E-state index in [1.54, 1.807) is 13.8 Å². The van der Waals surface area contributed by atoms with Gasteiger partial charge in [0, 0.05) is 19.6 Å². The van der Waals surface area contributed by atoms with Crippen molar-refractivity contribution in [3.05, 3.63) is 0 Å². The van der Waals surface area contributed by atoms with Crippen molar-refractivity contribution in [2.45, 2.75) is 79.2 Å². The third-order valence-electron chi connectivity index (χ3n) is 4.98. The fourth-order valence-electron chi connectivity index (χ4n) is 3.04. The molecule has 165 valence electrons. The molecule has 0 aromatic carbocycles. The molecular weight excluding hydrogens is 360 g/mol. The number of rotatable bonds is 16. The zero-order valence-corrected chi connectivity index (χ0v) is 18.4. The van der Waals surface area contributed by atoms with E-state index in [1.165, 1.54) is 0 Å². The highest BCUT2D eigenvalue weighted by Crippen LogP contribution is 2.38. The van der Waals surface area contributed by atoms with Gasteiger partial charge in [-0.15, -0.1) is 0 Å². The van der Waals surface area contributed by atoms with Gasteiger partial charge in [-0.1, -0.05) is 33.1 Å². The lowest BCUT2D eigenvalue weighted by molar-refractivity contribution is -0.164. The standard InChI is InChI=1S/C21H41N2O5/c1-6-8-9-10-13-27-19(26)21(5,7-2)16-20(3,4)18(25)28-15-17(24)14-23-12-11-22/h17,22-24H,6-16H2,1-5H3. The molecule has 0 fully saturated rings. The predicted octanol–water partition coefficient (Wildman–Crippen LogP) is 2.72. The van der Waals surface area contributed by atoms with Crippen LogP contribution in [0.15, 0.2) is 0 Å². The van der Waals surface area contributed by atoms with Gasteiger partial charge in [-0.05, 0) is 40.0 Å². The number of carbonyl (C=O) groups is 2. The lowest BCUT2D eigenvalue weighted by atomic mass is 9.72. The van der Waals surface area contributed by atoms with Gasteiger partial charge in [0.25, 0.3) is 0 Å². The summed E-state index contributed by atoms with van der Waals surface area (Å²) in [7, 11) is 0. The first-order chi connectivity index (χ1) is 13.1. The molecule has 0 saturated carbocycles. The monoisotopic (exact) mass is 401 g/mol. The van der Waals surface area contributed by atoms with E-state index < -0.39 is 22.9 Å². The topological polar surface area (TPSA) is 109 Å². The molecule has 2 unspecified atom stereocenters. The molecule has 2 atom stereocenters. The SMILES string of the molecule is CCCCCCOC(=O)C(C)(CC)CC(C)(C)C(=O)OCC(O)CNCC[NH]. The fourth-order valence-corrected chi connectivity index (χ4v) is 3.04. The van der Waals surface area contributed by atoms with Gasteiger partial charge in [0.15, 0.2) is 0 Å². The van der Waals surface area contributed by atoms with Gasteiger partial charge in [-0.2, -0.15) is 0 Å². The number of aliphatic hydroxyl groups excluding tert-OH is 1. The van der Waals surface area contributed by atoms with Gasteiger partial charge < -0.3 is 19.9 Å². The summed E-state index contributed by atoms with van der Waals surface area (Å²) in [6.45, 7) is 10.7. The largest absolute Gasteiger partial charge is 0.465 e. The van der Waals surface area contributed by atoms with Crippen LogP contribution in [-0.2, 0) is 19.1 Å². The molecule has 0 aliphatic heterocycles. The molecule has 7 nitrogen and oxygen atoms in total. The maximum absolute atomic E-state index is 12.6. The number of esters is 2. The summed E-state index contributed by atoms with van der Waals surface area (Å²) >= 11 is 0. The van der Waals surface area contributed by atoms with Crippen LogP contribution in [0.25, 0.3) is 0 Å². The molecule has 0 spiro atoms. The van der Waals surface area contributed by atoms with Crippen molar-refractivity contribution in [1.29, 1.82) is 0 Å². The highest BCUT2D eigenvalue weighted by molar-refractivity contribution is 5.80. The first kappa shape index (κ1) is 26.8. The van der Waals surface area contributed by atoms with E-state index in [-0.39, 0.29) is 25.7 Å². The molecule has 0 aliphatic rings. The van der Waals surface area contributed by atoms with Crippen LogP contribution in [0.4, 0.5) is 0 Å². The van der Waals surface area contributed by atoms with Gasteiger partial charge >= 0.3 is 11.9 Å². The molecule has 0 rings (SSSR count). The van der Waals surface area contributed by atoms with Crippen LogP contribution in [0.1, 0.15) is 73.1 Å². The summed E-state index contributed by atoms with van der Waals surface area (Å²) in [4.78, 5) is 25.1. The van der Waals surface area contributed by atoms with Crippen molar-refractivity contribution in [2.75, 3.05) is 32.8 Å². The first-order valence-electron chi connectivity index (χ1n) is 10.5. The number of ether oxygens (including phenoxy) is 2. The van der Waals surface area contributed by atoms with Crippen LogP contribution in [0, 0.1) is 10.8 Å². The smallest absolute Gasteiger partial charge is 0.311 e. The van der Waals surface area contributed by atoms with Crippen molar-refractivity contribution < 1.29 is 24.2 Å². The van der Waals surface area contributed by atoms with Crippen LogP contribution < -0.4 is 11.1 Å². The third kappa shape index (κ3) is 10.4. The molecule has 0 aromatic rings. The van der Waals surface area contributed by atoms with Crippen molar-refractivity contribution in [3.8, 4) is 0 Å². The Hall–Kier alpha value is -1.18. The minimum atomic E-state index is -0.875. The van der Waals surface area contributed by atoms with Gasteiger partial charge in [0.1, 0.15) is 12.7 Å². The van der Waals surface area contributed by atoms with Crippen LogP contribution >= 0.6 is 0 Å². The predicted molar refractivity (Wildman–Crippen MR) is 110 cm³/mol. The number of nitrogens with one attached hydrogen (secondary N) is 2. The molecule has 0 saturated heterocycles. The van der Waals surface area contributed by atoms with Crippen molar-refractivity contribution in [2.24, 2.45) is 10.8 Å². The molecule has 3 N–H and O–H groups in total. The minimum absolute atomic E-state index is 0.113. The fraction of sp³-hybridized carbons (Fsp3) is 0.905. The van der Waals surface area contributed by atoms with E-state index in [9.17, 15) is 14.7 Å². The summed E-state index contributed by atoms with van der Waals surface area (Å²) < 4.78 is 10.7. The molecule has 0 heterocycles. The van der Waals surface area contributed by atoms with Gasteiger partial charge in [-0.25, -0.2) is 0 Å². The van der Waals surface area contributed by atoms with Gasteiger partial charge in [0.2, 0.25) is 0 Å². The second-order valence-corrected chi connectivity index (χ2v) is 8.38. The summed E-state index contributed by atoms with van der Waals surface area (Å²) in [6.07, 6.45) is 4.23. The van der Waals surface area contributed by atoms with Crippen molar-refractivity contribution in [1.82, 2.24) is 11.1 Å². The Balaban J connectivity index is 4.59. The van der Waals surface area contributed by atoms with E-state index in [0.29, 0.717) is 26.0 Å². The zero-order valence-electron chi connectivity index (χ0n) is 18.4. The average Bonchev–Trinajstić information content (AvgIpc) is 2.65. The Kier molecular flexibility index (Phi) is 13.3. The lowest BCUT2D eigenvalue weighted by Crippen LogP contribution is -2.40. The number of hydrogen-bond donors (Lipinski definition) is 2. The normalized spacial score (nSPS) is 15.0. The third-order valence-corrected chi connectivity index (χ3v) is 4.98. The molecule has 0 aromatic heterocycles. The van der Waals surface area contributed by atoms with E-state index in [2.05, 4.69) is 12.2 Å². The van der Waals surface area contributed by atoms with E-state index >= 15 is 0 Å². The second-order valence-electron chi connectivity index (χ2n) is 8.38. The Bertz CT molecular complexity index is 456. The van der Waals surface area contributed by atoms with E-state index in [4.69, 9.17) is 15.2 Å². The highest BCUT2D eigenvalue weighted by atomic mass is 16.5. The molecule has 1 radical (unpaired) electrons. The summed E-state index contributed by atoms with van der Waals surface area (Å²) in [6, 6.07) is 0. The molecule has 0 aliphatic carbocycles. The highest BCUT2D eigenvalue weighted by Gasteiger charge is 2.43. The maximum Gasteiger partial charge on any atom is 0.311 e. The lowest BCUT2D eigenvalue weighted by Gasteiger charge is -2.33. The number of unbranched alkanes of at least 4 members (excludes halogenated alkanes) is 3. The maximum atomic E-state index is 12.6. The van der Waals surface area contributed by atoms with Crippen molar-refractivity contribution in [3.63, 3.8) is 0 Å². The van der Waals surface area contributed by atoms with Gasteiger partial charge in [0.05, 0.1) is 17.4 Å². The zero-order chi connectivity index (χ0) is 21.6. The quantitative estimate of drug-likeness (QED) is 0.304.